The van der Waals surface area contributed by atoms with Crippen LogP contribution in [0.25, 0.3) is 0 Å². The van der Waals surface area contributed by atoms with Crippen molar-refractivity contribution in [1.29, 1.82) is 0 Å². The maximum absolute atomic E-state index is 9.42. The summed E-state index contributed by atoms with van der Waals surface area (Å²) in [4.78, 5) is 3.83. The second kappa shape index (κ2) is 2.40. The van der Waals surface area contributed by atoms with E-state index in [1.165, 1.54) is 13.8 Å². The smallest absolute Gasteiger partial charge is 0.222 e. The minimum atomic E-state index is -1.43. The number of hydrogen-bond acceptors (Lipinski definition) is 5. The molecule has 1 heterocycles. The van der Waals surface area contributed by atoms with Crippen molar-refractivity contribution in [3.05, 3.63) is 0 Å². The lowest BCUT2D eigenvalue weighted by molar-refractivity contribution is -0.384. The molecule has 11 heavy (non-hydrogen) atoms. The molecule has 0 radical (unpaired) electrons. The summed E-state index contributed by atoms with van der Waals surface area (Å²) in [5.74, 6) is -1.43. The van der Waals surface area contributed by atoms with Crippen molar-refractivity contribution in [2.45, 2.75) is 37.9 Å². The second-order valence-corrected chi connectivity index (χ2v) is 3.26. The van der Waals surface area contributed by atoms with Crippen LogP contribution in [0, 0.1) is 0 Å². The largest absolute Gasteiger partial charge is 0.385 e. The lowest BCUT2D eigenvalue weighted by Crippen LogP contribution is -2.35. The van der Waals surface area contributed by atoms with Gasteiger partial charge in [0.25, 0.3) is 0 Å². The number of rotatable bonds is 1. The lowest BCUT2D eigenvalue weighted by Gasteiger charge is -2.19. The molecule has 0 amide bonds. The summed E-state index contributed by atoms with van der Waals surface area (Å²) in [6.45, 7) is 2.80. The van der Waals surface area contributed by atoms with Crippen molar-refractivity contribution in [3.63, 3.8) is 0 Å². The molecule has 66 valence electrons. The molecule has 0 bridgehead atoms. The highest BCUT2D eigenvalue weighted by Crippen LogP contribution is 2.35. The molecule has 1 aliphatic rings. The molecule has 0 aliphatic carbocycles. The van der Waals surface area contributed by atoms with E-state index in [-0.39, 0.29) is 6.42 Å². The van der Waals surface area contributed by atoms with Crippen molar-refractivity contribution in [2.24, 2.45) is 0 Å². The predicted octanol–water partition coefficient (Wildman–Crippen LogP) is -0.318. The molecule has 3 atom stereocenters. The SMILES string of the molecule is CC1(O)CC(C)(O)C(OO)O1. The van der Waals surface area contributed by atoms with Crippen LogP contribution in [-0.2, 0) is 9.62 Å². The lowest BCUT2D eigenvalue weighted by atomic mass is 10.0. The third-order valence-electron chi connectivity index (χ3n) is 1.65. The summed E-state index contributed by atoms with van der Waals surface area (Å²) < 4.78 is 4.75. The van der Waals surface area contributed by atoms with Gasteiger partial charge < -0.3 is 14.9 Å². The zero-order chi connectivity index (χ0) is 8.70. The molecule has 1 aliphatic heterocycles. The van der Waals surface area contributed by atoms with Gasteiger partial charge in [-0.25, -0.2) is 10.1 Å². The van der Waals surface area contributed by atoms with Crippen LogP contribution in [0.1, 0.15) is 20.3 Å². The molecule has 0 spiro atoms. The van der Waals surface area contributed by atoms with Gasteiger partial charge in [0.15, 0.2) is 5.79 Å². The van der Waals surface area contributed by atoms with E-state index in [1.54, 1.807) is 0 Å². The fourth-order valence-electron chi connectivity index (χ4n) is 1.28. The standard InChI is InChI=1S/C6H12O5/c1-5(7)3-6(2,8)10-4(5)11-9/h4,7-9H,3H2,1-2H3. The van der Waals surface area contributed by atoms with Crippen LogP contribution in [0.15, 0.2) is 0 Å². The van der Waals surface area contributed by atoms with Crippen molar-refractivity contribution < 1.29 is 25.1 Å². The van der Waals surface area contributed by atoms with Crippen LogP contribution in [0.2, 0.25) is 0 Å². The Labute approximate surface area is 64.1 Å². The van der Waals surface area contributed by atoms with E-state index >= 15 is 0 Å². The molecule has 0 aromatic heterocycles. The zero-order valence-electron chi connectivity index (χ0n) is 6.44. The Morgan fingerprint density at radius 2 is 2.00 bits per heavy atom. The first-order chi connectivity index (χ1) is 4.87. The van der Waals surface area contributed by atoms with Crippen molar-refractivity contribution in [2.75, 3.05) is 0 Å². The first-order valence-electron chi connectivity index (χ1n) is 3.30. The first kappa shape index (κ1) is 8.89. The van der Waals surface area contributed by atoms with E-state index in [9.17, 15) is 10.2 Å². The van der Waals surface area contributed by atoms with Crippen LogP contribution in [-0.4, -0.2) is 33.1 Å². The molecule has 1 fully saturated rings. The molecular formula is C6H12O5. The Hall–Kier alpha value is -0.200. The van der Waals surface area contributed by atoms with Gasteiger partial charge in [0.1, 0.15) is 5.60 Å². The Bertz CT molecular complexity index is 153. The Morgan fingerprint density at radius 1 is 1.45 bits per heavy atom. The number of ether oxygens (including phenoxy) is 1. The Kier molecular flexibility index (Phi) is 1.94. The highest BCUT2D eigenvalue weighted by molar-refractivity contribution is 4.89. The summed E-state index contributed by atoms with van der Waals surface area (Å²) in [6, 6.07) is 0. The van der Waals surface area contributed by atoms with E-state index in [0.29, 0.717) is 0 Å². The average Bonchev–Trinajstić information content (AvgIpc) is 1.99. The van der Waals surface area contributed by atoms with Crippen LogP contribution < -0.4 is 0 Å². The number of aliphatic hydroxyl groups is 2. The van der Waals surface area contributed by atoms with E-state index in [1.807, 2.05) is 0 Å². The van der Waals surface area contributed by atoms with Crippen LogP contribution in [0.5, 0.6) is 0 Å². The molecule has 3 N–H and O–H groups in total. The molecule has 0 aromatic rings. The third-order valence-corrected chi connectivity index (χ3v) is 1.65. The summed E-state index contributed by atoms with van der Waals surface area (Å²) >= 11 is 0. The van der Waals surface area contributed by atoms with Crippen LogP contribution in [0.4, 0.5) is 0 Å². The Morgan fingerprint density at radius 3 is 2.18 bits per heavy atom. The minimum Gasteiger partial charge on any atom is -0.385 e. The van der Waals surface area contributed by atoms with E-state index < -0.39 is 17.7 Å². The maximum Gasteiger partial charge on any atom is 0.222 e. The predicted molar refractivity (Wildman–Crippen MR) is 34.5 cm³/mol. The molecule has 1 rings (SSSR count). The molecule has 5 heteroatoms. The maximum atomic E-state index is 9.42. The average molecular weight is 164 g/mol. The quantitative estimate of drug-likeness (QED) is 0.365. The van der Waals surface area contributed by atoms with Gasteiger partial charge in [0, 0.05) is 6.42 Å². The third kappa shape index (κ3) is 1.69. The van der Waals surface area contributed by atoms with Crippen LogP contribution >= 0.6 is 0 Å². The van der Waals surface area contributed by atoms with Crippen molar-refractivity contribution in [3.8, 4) is 0 Å². The Balaban J connectivity index is 2.71. The monoisotopic (exact) mass is 164 g/mol. The molecule has 0 aromatic carbocycles. The van der Waals surface area contributed by atoms with Gasteiger partial charge in [-0.1, -0.05) is 0 Å². The summed E-state index contributed by atoms with van der Waals surface area (Å²) in [5.41, 5.74) is -1.35. The molecule has 0 saturated carbocycles. The molecular weight excluding hydrogens is 152 g/mol. The van der Waals surface area contributed by atoms with Gasteiger partial charge in [-0.3, -0.25) is 0 Å². The van der Waals surface area contributed by atoms with Gasteiger partial charge >= 0.3 is 0 Å². The first-order valence-corrected chi connectivity index (χ1v) is 3.30. The highest BCUT2D eigenvalue weighted by Gasteiger charge is 2.50. The van der Waals surface area contributed by atoms with E-state index in [0.717, 1.165) is 0 Å². The number of hydrogen-bond donors (Lipinski definition) is 3. The van der Waals surface area contributed by atoms with Gasteiger partial charge in [-0.2, -0.15) is 0 Å². The van der Waals surface area contributed by atoms with Gasteiger partial charge in [-0.05, 0) is 13.8 Å². The molecule has 3 unspecified atom stereocenters. The zero-order valence-corrected chi connectivity index (χ0v) is 6.44. The fourth-order valence-corrected chi connectivity index (χ4v) is 1.28. The minimum absolute atomic E-state index is 0.00519. The normalized spacial score (nSPS) is 51.5. The molecule has 1 saturated heterocycles. The topological polar surface area (TPSA) is 79.2 Å². The summed E-state index contributed by atoms with van der Waals surface area (Å²) in [5, 5.41) is 26.9. The highest BCUT2D eigenvalue weighted by atomic mass is 17.1. The van der Waals surface area contributed by atoms with E-state index in [4.69, 9.17) is 9.99 Å². The van der Waals surface area contributed by atoms with Crippen molar-refractivity contribution >= 4 is 0 Å². The van der Waals surface area contributed by atoms with E-state index in [2.05, 4.69) is 4.89 Å². The van der Waals surface area contributed by atoms with Crippen LogP contribution in [0.3, 0.4) is 0 Å². The fraction of sp³-hybridized carbons (Fsp3) is 1.00. The van der Waals surface area contributed by atoms with Gasteiger partial charge in [0.2, 0.25) is 6.29 Å². The summed E-state index contributed by atoms with van der Waals surface area (Å²) in [7, 11) is 0. The van der Waals surface area contributed by atoms with Crippen molar-refractivity contribution in [1.82, 2.24) is 0 Å². The van der Waals surface area contributed by atoms with Gasteiger partial charge in [-0.15, -0.1) is 0 Å². The summed E-state index contributed by atoms with van der Waals surface area (Å²) in [6.07, 6.45) is -1.18. The molecule has 5 nitrogen and oxygen atoms in total. The second-order valence-electron chi connectivity index (χ2n) is 3.26. The van der Waals surface area contributed by atoms with Gasteiger partial charge in [0.05, 0.1) is 0 Å².